The zero-order valence-corrected chi connectivity index (χ0v) is 13.2. The Bertz CT molecular complexity index is 772. The van der Waals surface area contributed by atoms with Gasteiger partial charge in [-0.15, -0.1) is 0 Å². The Kier molecular flexibility index (Phi) is 3.39. The maximum atomic E-state index is 13.6. The lowest BCUT2D eigenvalue weighted by atomic mass is 9.77. The molecule has 0 saturated carbocycles. The third-order valence-corrected chi connectivity index (χ3v) is 5.12. The van der Waals surface area contributed by atoms with Gasteiger partial charge in [0.15, 0.2) is 0 Å². The highest BCUT2D eigenvalue weighted by Gasteiger charge is 2.39. The summed E-state index contributed by atoms with van der Waals surface area (Å²) in [6.45, 7) is 0. The monoisotopic (exact) mass is 333 g/mol. The summed E-state index contributed by atoms with van der Waals surface area (Å²) in [5.74, 6) is 0.374. The molecule has 2 aliphatic rings. The number of anilines is 1. The van der Waals surface area contributed by atoms with Crippen molar-refractivity contribution in [1.29, 1.82) is 0 Å². The molecule has 0 amide bonds. The van der Waals surface area contributed by atoms with Crippen LogP contribution in [0, 0.1) is 11.7 Å². The summed E-state index contributed by atoms with van der Waals surface area (Å²) in [6, 6.07) is 10.5. The first-order valence-corrected chi connectivity index (χ1v) is 8.06. The topological polar surface area (TPSA) is 12.0 Å². The van der Waals surface area contributed by atoms with E-state index in [2.05, 4.69) is 17.5 Å². The minimum absolute atomic E-state index is 0.0535. The van der Waals surface area contributed by atoms with Gasteiger partial charge in [-0.1, -0.05) is 47.5 Å². The molecule has 0 spiro atoms. The Morgan fingerprint density at radius 3 is 2.82 bits per heavy atom. The molecular formula is C18H14Cl2FN. The number of nitrogens with one attached hydrogen (secondary N) is 1. The van der Waals surface area contributed by atoms with E-state index in [0.717, 1.165) is 23.2 Å². The Morgan fingerprint density at radius 1 is 1.14 bits per heavy atom. The summed E-state index contributed by atoms with van der Waals surface area (Å²) >= 11 is 12.6. The van der Waals surface area contributed by atoms with Gasteiger partial charge in [-0.3, -0.25) is 0 Å². The number of fused-ring (bicyclic) bond motifs is 3. The van der Waals surface area contributed by atoms with Crippen molar-refractivity contribution in [3.63, 3.8) is 0 Å². The van der Waals surface area contributed by atoms with Gasteiger partial charge in [-0.25, -0.2) is 4.39 Å². The van der Waals surface area contributed by atoms with Crippen LogP contribution in [0.4, 0.5) is 10.1 Å². The number of benzene rings is 2. The molecule has 2 aromatic rings. The van der Waals surface area contributed by atoms with E-state index >= 15 is 0 Å². The van der Waals surface area contributed by atoms with Crippen LogP contribution in [0.2, 0.25) is 10.0 Å². The minimum Gasteiger partial charge on any atom is -0.378 e. The van der Waals surface area contributed by atoms with Gasteiger partial charge in [-0.05, 0) is 42.2 Å². The molecule has 22 heavy (non-hydrogen) atoms. The second-order valence-electron chi connectivity index (χ2n) is 5.88. The van der Waals surface area contributed by atoms with E-state index in [1.165, 1.54) is 6.07 Å². The van der Waals surface area contributed by atoms with Gasteiger partial charge in [0.25, 0.3) is 0 Å². The van der Waals surface area contributed by atoms with Crippen molar-refractivity contribution in [3.05, 3.63) is 75.5 Å². The zero-order chi connectivity index (χ0) is 15.3. The third kappa shape index (κ3) is 2.22. The van der Waals surface area contributed by atoms with Gasteiger partial charge in [0, 0.05) is 27.2 Å². The Balaban J connectivity index is 1.84. The molecule has 1 N–H and O–H groups in total. The molecule has 0 fully saturated rings. The smallest absolute Gasteiger partial charge is 0.123 e. The van der Waals surface area contributed by atoms with Gasteiger partial charge in [0.1, 0.15) is 5.82 Å². The molecule has 1 aliphatic heterocycles. The van der Waals surface area contributed by atoms with Crippen molar-refractivity contribution in [2.45, 2.75) is 18.4 Å². The maximum Gasteiger partial charge on any atom is 0.123 e. The highest BCUT2D eigenvalue weighted by molar-refractivity contribution is 6.35. The number of rotatable bonds is 1. The predicted octanol–water partition coefficient (Wildman–Crippen LogP) is 5.96. The molecule has 4 rings (SSSR count). The van der Waals surface area contributed by atoms with E-state index in [1.807, 2.05) is 12.1 Å². The minimum atomic E-state index is -0.211. The highest BCUT2D eigenvalue weighted by Crippen LogP contribution is 2.52. The van der Waals surface area contributed by atoms with E-state index in [0.29, 0.717) is 16.0 Å². The average molecular weight is 334 g/mol. The number of halogens is 3. The maximum absolute atomic E-state index is 13.6. The second-order valence-corrected chi connectivity index (χ2v) is 6.72. The fourth-order valence-electron chi connectivity index (χ4n) is 3.67. The van der Waals surface area contributed by atoms with Crippen LogP contribution >= 0.6 is 23.2 Å². The van der Waals surface area contributed by atoms with Crippen LogP contribution in [0.15, 0.2) is 48.6 Å². The fraction of sp³-hybridized carbons (Fsp3) is 0.222. The highest BCUT2D eigenvalue weighted by atomic mass is 35.5. The van der Waals surface area contributed by atoms with Gasteiger partial charge in [0.05, 0.1) is 6.04 Å². The first-order valence-electron chi connectivity index (χ1n) is 7.31. The number of allylic oxidation sites excluding steroid dienone is 2. The summed E-state index contributed by atoms with van der Waals surface area (Å²) < 4.78 is 13.6. The van der Waals surface area contributed by atoms with Crippen LogP contribution in [0.5, 0.6) is 0 Å². The van der Waals surface area contributed by atoms with Crippen LogP contribution in [0.3, 0.4) is 0 Å². The van der Waals surface area contributed by atoms with Crippen molar-refractivity contribution in [2.75, 3.05) is 5.32 Å². The number of hydrogen-bond donors (Lipinski definition) is 1. The lowest BCUT2D eigenvalue weighted by Gasteiger charge is -2.38. The summed E-state index contributed by atoms with van der Waals surface area (Å²) in [5.41, 5.74) is 3.00. The van der Waals surface area contributed by atoms with Crippen LogP contribution in [0.25, 0.3) is 0 Å². The van der Waals surface area contributed by atoms with Crippen molar-refractivity contribution in [2.24, 2.45) is 5.92 Å². The molecular weight excluding hydrogens is 320 g/mol. The standard InChI is InChI=1S/C18H14Cl2FN/c19-11-8-15(20)17-13-5-2-6-14(13)18(22-16(17)9-11)10-3-1-4-12(21)7-10/h1-5,7-9,13-14,18,22H,6H2/t13-,14+,18-/m0/s1. The number of hydrogen-bond acceptors (Lipinski definition) is 1. The van der Waals surface area contributed by atoms with Crippen LogP contribution in [-0.2, 0) is 0 Å². The van der Waals surface area contributed by atoms with Gasteiger partial charge in [0.2, 0.25) is 0 Å². The van der Waals surface area contributed by atoms with E-state index in [4.69, 9.17) is 23.2 Å². The third-order valence-electron chi connectivity index (χ3n) is 4.59. The summed E-state index contributed by atoms with van der Waals surface area (Å²) in [4.78, 5) is 0. The molecule has 1 heterocycles. The first kappa shape index (κ1) is 14.1. The summed E-state index contributed by atoms with van der Waals surface area (Å²) in [5, 5.41) is 4.81. The molecule has 1 aliphatic carbocycles. The van der Waals surface area contributed by atoms with Crippen molar-refractivity contribution >= 4 is 28.9 Å². The normalized spacial score (nSPS) is 25.5. The van der Waals surface area contributed by atoms with Crippen LogP contribution in [-0.4, -0.2) is 0 Å². The molecule has 112 valence electrons. The van der Waals surface area contributed by atoms with E-state index in [9.17, 15) is 4.39 Å². The Morgan fingerprint density at radius 2 is 2.00 bits per heavy atom. The molecule has 1 nitrogen and oxygen atoms in total. The molecule has 2 aromatic carbocycles. The molecule has 0 aromatic heterocycles. The first-order chi connectivity index (χ1) is 10.6. The molecule has 0 saturated heterocycles. The molecule has 0 unspecified atom stereocenters. The molecule has 0 bridgehead atoms. The van der Waals surface area contributed by atoms with E-state index in [-0.39, 0.29) is 17.8 Å². The van der Waals surface area contributed by atoms with Gasteiger partial charge >= 0.3 is 0 Å². The van der Waals surface area contributed by atoms with Crippen LogP contribution < -0.4 is 5.32 Å². The largest absolute Gasteiger partial charge is 0.378 e. The molecule has 3 atom stereocenters. The Hall–Kier alpha value is -1.51. The molecule has 0 radical (unpaired) electrons. The SMILES string of the molecule is Fc1cccc([C@@H]2Nc3cc(Cl)cc(Cl)c3[C@H]3C=CC[C@H]32)c1. The van der Waals surface area contributed by atoms with E-state index < -0.39 is 0 Å². The second kappa shape index (κ2) is 5.29. The van der Waals surface area contributed by atoms with Crippen molar-refractivity contribution in [3.8, 4) is 0 Å². The lowest BCUT2D eigenvalue weighted by Crippen LogP contribution is -2.29. The summed E-state index contributed by atoms with van der Waals surface area (Å²) in [7, 11) is 0. The van der Waals surface area contributed by atoms with Gasteiger partial charge in [-0.2, -0.15) is 0 Å². The average Bonchev–Trinajstić information content (AvgIpc) is 2.94. The predicted molar refractivity (Wildman–Crippen MR) is 89.2 cm³/mol. The summed E-state index contributed by atoms with van der Waals surface area (Å²) in [6.07, 6.45) is 5.34. The zero-order valence-electron chi connectivity index (χ0n) is 11.7. The van der Waals surface area contributed by atoms with Gasteiger partial charge < -0.3 is 5.32 Å². The quantitative estimate of drug-likeness (QED) is 0.635. The lowest BCUT2D eigenvalue weighted by molar-refractivity contribution is 0.424. The van der Waals surface area contributed by atoms with Crippen molar-refractivity contribution < 1.29 is 4.39 Å². The van der Waals surface area contributed by atoms with E-state index in [1.54, 1.807) is 18.2 Å². The Labute approximate surface area is 138 Å². The van der Waals surface area contributed by atoms with Crippen LogP contribution in [0.1, 0.15) is 29.5 Å². The fourth-order valence-corrected chi connectivity index (χ4v) is 4.29. The molecule has 4 heteroatoms. The van der Waals surface area contributed by atoms with Crippen molar-refractivity contribution in [1.82, 2.24) is 0 Å².